The third-order valence-corrected chi connectivity index (χ3v) is 4.60. The number of rotatable bonds is 6. The summed E-state index contributed by atoms with van der Waals surface area (Å²) in [5, 5.41) is 8.56. The van der Waals surface area contributed by atoms with Crippen molar-refractivity contribution in [3.05, 3.63) is 76.3 Å². The lowest BCUT2D eigenvalue weighted by atomic mass is 10.2. The first-order chi connectivity index (χ1) is 12.6. The van der Waals surface area contributed by atoms with Crippen molar-refractivity contribution >= 4 is 45.6 Å². The fourth-order valence-corrected chi connectivity index (χ4v) is 3.10. The van der Waals surface area contributed by atoms with Crippen LogP contribution in [-0.2, 0) is 11.2 Å². The van der Waals surface area contributed by atoms with Crippen LogP contribution in [0.1, 0.15) is 22.5 Å². The molecule has 2 aromatic carbocycles. The molecule has 2 N–H and O–H groups in total. The van der Waals surface area contributed by atoms with Gasteiger partial charge in [0.25, 0.3) is 5.91 Å². The maximum Gasteiger partial charge on any atom is 0.257 e. The third-order valence-electron chi connectivity index (χ3n) is 3.54. The van der Waals surface area contributed by atoms with Gasteiger partial charge in [0.05, 0.1) is 5.69 Å². The summed E-state index contributed by atoms with van der Waals surface area (Å²) in [7, 11) is 0. The summed E-state index contributed by atoms with van der Waals surface area (Å²) >= 11 is 7.16. The maximum absolute atomic E-state index is 12.1. The molecule has 2 amide bonds. The zero-order chi connectivity index (χ0) is 18.4. The molecule has 0 bridgehead atoms. The second-order valence-electron chi connectivity index (χ2n) is 5.52. The number of aryl methyl sites for hydroxylation is 1. The molecule has 0 unspecified atom stereocenters. The van der Waals surface area contributed by atoms with Crippen LogP contribution in [0.15, 0.2) is 60.0 Å². The van der Waals surface area contributed by atoms with E-state index in [1.165, 1.54) is 11.3 Å². The first kappa shape index (κ1) is 18.1. The van der Waals surface area contributed by atoms with Gasteiger partial charge in [-0.1, -0.05) is 29.8 Å². The van der Waals surface area contributed by atoms with E-state index in [2.05, 4.69) is 15.6 Å². The van der Waals surface area contributed by atoms with E-state index in [9.17, 15) is 9.59 Å². The van der Waals surface area contributed by atoms with E-state index in [0.717, 1.165) is 5.69 Å². The van der Waals surface area contributed by atoms with Crippen molar-refractivity contribution in [3.8, 4) is 0 Å². The van der Waals surface area contributed by atoms with E-state index in [1.807, 2.05) is 23.6 Å². The van der Waals surface area contributed by atoms with Crippen molar-refractivity contribution in [2.45, 2.75) is 12.8 Å². The Morgan fingerprint density at radius 2 is 1.73 bits per heavy atom. The molecule has 132 valence electrons. The molecular weight excluding hydrogens is 370 g/mol. The molecule has 26 heavy (non-hydrogen) atoms. The molecule has 0 aliphatic carbocycles. The standard InChI is InChI=1S/C19H16ClN3O2S/c20-14-6-8-15(9-7-14)21-17(24)11-10-16-12-26-19(22-16)23-18(25)13-4-2-1-3-5-13/h1-9,12H,10-11H2,(H,21,24)(H,22,23,25). The van der Waals surface area contributed by atoms with Crippen LogP contribution in [0.5, 0.6) is 0 Å². The smallest absolute Gasteiger partial charge is 0.257 e. The molecule has 1 heterocycles. The van der Waals surface area contributed by atoms with E-state index >= 15 is 0 Å². The molecule has 0 saturated carbocycles. The summed E-state index contributed by atoms with van der Waals surface area (Å²) in [6.07, 6.45) is 0.801. The van der Waals surface area contributed by atoms with Gasteiger partial charge in [0.2, 0.25) is 5.91 Å². The van der Waals surface area contributed by atoms with Gasteiger partial charge in [0.15, 0.2) is 5.13 Å². The molecule has 1 aromatic heterocycles. The molecule has 5 nitrogen and oxygen atoms in total. The van der Waals surface area contributed by atoms with E-state index in [-0.39, 0.29) is 11.8 Å². The van der Waals surface area contributed by atoms with Gasteiger partial charge in [-0.2, -0.15) is 0 Å². The van der Waals surface area contributed by atoms with Crippen molar-refractivity contribution < 1.29 is 9.59 Å². The highest BCUT2D eigenvalue weighted by molar-refractivity contribution is 7.14. The molecule has 3 rings (SSSR count). The van der Waals surface area contributed by atoms with Crippen molar-refractivity contribution in [2.75, 3.05) is 10.6 Å². The number of thiazole rings is 1. The summed E-state index contributed by atoms with van der Waals surface area (Å²) < 4.78 is 0. The molecule has 0 aliphatic rings. The van der Waals surface area contributed by atoms with Gasteiger partial charge in [-0.25, -0.2) is 4.98 Å². The third kappa shape index (κ3) is 5.15. The average Bonchev–Trinajstić information content (AvgIpc) is 3.10. The molecule has 3 aromatic rings. The first-order valence-corrected chi connectivity index (χ1v) is 9.22. The fraction of sp³-hybridized carbons (Fsp3) is 0.105. The number of nitrogens with one attached hydrogen (secondary N) is 2. The van der Waals surface area contributed by atoms with Gasteiger partial charge in [0.1, 0.15) is 0 Å². The van der Waals surface area contributed by atoms with Gasteiger partial charge in [-0.15, -0.1) is 11.3 Å². The summed E-state index contributed by atoms with van der Waals surface area (Å²) in [5.41, 5.74) is 2.05. The van der Waals surface area contributed by atoms with Crippen LogP contribution in [0.25, 0.3) is 0 Å². The van der Waals surface area contributed by atoms with Gasteiger partial charge in [-0.3, -0.25) is 14.9 Å². The quantitative estimate of drug-likeness (QED) is 0.650. The number of hydrogen-bond acceptors (Lipinski definition) is 4. The topological polar surface area (TPSA) is 71.1 Å². The molecule has 0 aliphatic heterocycles. The number of benzene rings is 2. The Kier molecular flexibility index (Phi) is 5.99. The maximum atomic E-state index is 12.1. The number of nitrogens with zero attached hydrogens (tertiary/aromatic N) is 1. The van der Waals surface area contributed by atoms with Crippen LogP contribution >= 0.6 is 22.9 Å². The Labute approximate surface area is 160 Å². The summed E-state index contributed by atoms with van der Waals surface area (Å²) in [4.78, 5) is 28.5. The highest BCUT2D eigenvalue weighted by atomic mass is 35.5. The normalized spacial score (nSPS) is 10.3. The van der Waals surface area contributed by atoms with Crippen LogP contribution in [0, 0.1) is 0 Å². The van der Waals surface area contributed by atoms with Gasteiger partial charge < -0.3 is 5.32 Å². The van der Waals surface area contributed by atoms with E-state index in [4.69, 9.17) is 11.6 Å². The molecule has 0 spiro atoms. The number of halogens is 1. The zero-order valence-electron chi connectivity index (χ0n) is 13.7. The van der Waals surface area contributed by atoms with Crippen LogP contribution in [0.2, 0.25) is 5.02 Å². The molecule has 7 heteroatoms. The second kappa shape index (κ2) is 8.60. The van der Waals surface area contributed by atoms with Crippen molar-refractivity contribution in [1.29, 1.82) is 0 Å². The SMILES string of the molecule is O=C(CCc1csc(NC(=O)c2ccccc2)n1)Nc1ccc(Cl)cc1. The average molecular weight is 386 g/mol. The zero-order valence-corrected chi connectivity index (χ0v) is 15.3. The minimum atomic E-state index is -0.202. The van der Waals surface area contributed by atoms with Gasteiger partial charge >= 0.3 is 0 Å². The largest absolute Gasteiger partial charge is 0.326 e. The Morgan fingerprint density at radius 1 is 1.00 bits per heavy atom. The molecule has 0 saturated heterocycles. The number of carbonyl (C=O) groups excluding carboxylic acids is 2. The lowest BCUT2D eigenvalue weighted by molar-refractivity contribution is -0.116. The highest BCUT2D eigenvalue weighted by Crippen LogP contribution is 2.18. The Balaban J connectivity index is 1.49. The summed E-state index contributed by atoms with van der Waals surface area (Å²) in [6, 6.07) is 15.9. The molecular formula is C19H16ClN3O2S. The summed E-state index contributed by atoms with van der Waals surface area (Å²) in [5.74, 6) is -0.304. The Bertz CT molecular complexity index is 895. The summed E-state index contributed by atoms with van der Waals surface area (Å²) in [6.45, 7) is 0. The number of carbonyl (C=O) groups is 2. The van der Waals surface area contributed by atoms with Gasteiger partial charge in [-0.05, 0) is 42.8 Å². The van der Waals surface area contributed by atoms with Crippen molar-refractivity contribution in [2.24, 2.45) is 0 Å². The van der Waals surface area contributed by atoms with Crippen LogP contribution in [-0.4, -0.2) is 16.8 Å². The lowest BCUT2D eigenvalue weighted by Gasteiger charge is -2.04. The number of amides is 2. The number of hydrogen-bond donors (Lipinski definition) is 2. The van der Waals surface area contributed by atoms with Gasteiger partial charge in [0, 0.05) is 28.1 Å². The predicted molar refractivity (Wildman–Crippen MR) is 105 cm³/mol. The van der Waals surface area contributed by atoms with E-state index < -0.39 is 0 Å². The monoisotopic (exact) mass is 385 g/mol. The van der Waals surface area contributed by atoms with Crippen LogP contribution < -0.4 is 10.6 Å². The predicted octanol–water partition coefficient (Wildman–Crippen LogP) is 4.62. The molecule has 0 atom stereocenters. The number of aromatic nitrogens is 1. The van der Waals surface area contributed by atoms with Crippen LogP contribution in [0.4, 0.5) is 10.8 Å². The fourth-order valence-electron chi connectivity index (χ4n) is 2.24. The highest BCUT2D eigenvalue weighted by Gasteiger charge is 2.10. The Hall–Kier alpha value is -2.70. The second-order valence-corrected chi connectivity index (χ2v) is 6.81. The first-order valence-electron chi connectivity index (χ1n) is 7.96. The molecule has 0 fully saturated rings. The minimum absolute atomic E-state index is 0.102. The van der Waals surface area contributed by atoms with E-state index in [0.29, 0.717) is 34.2 Å². The minimum Gasteiger partial charge on any atom is -0.326 e. The number of anilines is 2. The van der Waals surface area contributed by atoms with Crippen molar-refractivity contribution in [1.82, 2.24) is 4.98 Å². The lowest BCUT2D eigenvalue weighted by Crippen LogP contribution is -2.13. The van der Waals surface area contributed by atoms with Crippen molar-refractivity contribution in [3.63, 3.8) is 0 Å². The van der Waals surface area contributed by atoms with E-state index in [1.54, 1.807) is 36.4 Å². The molecule has 0 radical (unpaired) electrons. The van der Waals surface area contributed by atoms with Crippen LogP contribution in [0.3, 0.4) is 0 Å². The Morgan fingerprint density at radius 3 is 2.46 bits per heavy atom.